The van der Waals surface area contributed by atoms with Gasteiger partial charge in [-0.05, 0) is 29.7 Å². The van der Waals surface area contributed by atoms with E-state index in [1.165, 1.54) is 5.56 Å². The summed E-state index contributed by atoms with van der Waals surface area (Å²) >= 11 is 7.57. The molecule has 0 spiro atoms. The van der Waals surface area contributed by atoms with Gasteiger partial charge in [-0.15, -0.1) is 11.3 Å². The van der Waals surface area contributed by atoms with Gasteiger partial charge in [0.05, 0.1) is 5.69 Å². The molecule has 2 aromatic heterocycles. The molecule has 0 unspecified atom stereocenters. The zero-order chi connectivity index (χ0) is 14.8. The molecule has 3 aromatic rings. The highest BCUT2D eigenvalue weighted by molar-refractivity contribution is 7.13. The number of benzene rings is 1. The van der Waals surface area contributed by atoms with Crippen molar-refractivity contribution in [3.8, 4) is 21.8 Å². The second-order valence-corrected chi connectivity index (χ2v) is 6.46. The smallest absolute Gasteiger partial charge is 0.124 e. The summed E-state index contributed by atoms with van der Waals surface area (Å²) in [6.45, 7) is 4.37. The Hall–Kier alpha value is -1.71. The molecule has 2 heterocycles. The Morgan fingerprint density at radius 3 is 2.57 bits per heavy atom. The number of aromatic nitrogens is 2. The van der Waals surface area contributed by atoms with E-state index in [1.807, 2.05) is 36.7 Å². The van der Waals surface area contributed by atoms with Crippen LogP contribution in [0.5, 0.6) is 0 Å². The van der Waals surface area contributed by atoms with Crippen LogP contribution in [0.3, 0.4) is 0 Å². The first kappa shape index (κ1) is 14.2. The van der Waals surface area contributed by atoms with Gasteiger partial charge in [0.15, 0.2) is 0 Å². The fourth-order valence-corrected chi connectivity index (χ4v) is 3.20. The van der Waals surface area contributed by atoms with Crippen LogP contribution in [0.4, 0.5) is 0 Å². The number of halogens is 1. The van der Waals surface area contributed by atoms with Gasteiger partial charge in [-0.2, -0.15) is 0 Å². The van der Waals surface area contributed by atoms with Gasteiger partial charge in [0, 0.05) is 33.9 Å². The van der Waals surface area contributed by atoms with E-state index in [9.17, 15) is 0 Å². The van der Waals surface area contributed by atoms with Crippen molar-refractivity contribution < 1.29 is 0 Å². The van der Waals surface area contributed by atoms with Crippen LogP contribution in [0, 0.1) is 0 Å². The molecule has 0 amide bonds. The summed E-state index contributed by atoms with van der Waals surface area (Å²) in [6.07, 6.45) is 3.74. The molecule has 1 aromatic carbocycles. The van der Waals surface area contributed by atoms with E-state index in [4.69, 9.17) is 16.6 Å². The third-order valence-corrected chi connectivity index (χ3v) is 4.49. The Labute approximate surface area is 133 Å². The standard InChI is InChI=1S/C17H15ClN2S/c1-11(2)14-7-8-19-9-15(14)16-10-21-17(20-16)12-3-5-13(18)6-4-12/h3-11H,1-2H3. The molecule has 0 saturated heterocycles. The van der Waals surface area contributed by atoms with Crippen molar-refractivity contribution in [1.29, 1.82) is 0 Å². The van der Waals surface area contributed by atoms with Crippen molar-refractivity contribution in [3.05, 3.63) is 58.7 Å². The first-order valence-electron chi connectivity index (χ1n) is 6.81. The number of rotatable bonds is 3. The summed E-state index contributed by atoms with van der Waals surface area (Å²) in [6, 6.07) is 9.85. The summed E-state index contributed by atoms with van der Waals surface area (Å²) in [7, 11) is 0. The molecule has 3 rings (SSSR count). The number of pyridine rings is 1. The largest absolute Gasteiger partial charge is 0.264 e. The SMILES string of the molecule is CC(C)c1ccncc1-c1csc(-c2ccc(Cl)cc2)n1. The minimum Gasteiger partial charge on any atom is -0.264 e. The molecule has 0 aliphatic carbocycles. The summed E-state index contributed by atoms with van der Waals surface area (Å²) in [5.41, 5.74) is 4.47. The Kier molecular flexibility index (Phi) is 4.04. The molecule has 0 saturated carbocycles. The van der Waals surface area contributed by atoms with Gasteiger partial charge >= 0.3 is 0 Å². The molecule has 2 nitrogen and oxygen atoms in total. The Morgan fingerprint density at radius 1 is 1.10 bits per heavy atom. The van der Waals surface area contributed by atoms with Crippen molar-refractivity contribution in [1.82, 2.24) is 9.97 Å². The number of hydrogen-bond acceptors (Lipinski definition) is 3. The third kappa shape index (κ3) is 2.99. The first-order valence-corrected chi connectivity index (χ1v) is 8.06. The highest BCUT2D eigenvalue weighted by Gasteiger charge is 2.12. The molecule has 0 aliphatic heterocycles. The summed E-state index contributed by atoms with van der Waals surface area (Å²) in [4.78, 5) is 9.00. The zero-order valence-electron chi connectivity index (χ0n) is 11.9. The number of nitrogens with zero attached hydrogens (tertiary/aromatic N) is 2. The molecule has 0 radical (unpaired) electrons. The molecule has 0 atom stereocenters. The van der Waals surface area contributed by atoms with Crippen LogP contribution in [0.15, 0.2) is 48.1 Å². The highest BCUT2D eigenvalue weighted by Crippen LogP contribution is 2.32. The molecular formula is C17H15ClN2S. The molecular weight excluding hydrogens is 300 g/mol. The van der Waals surface area contributed by atoms with E-state index < -0.39 is 0 Å². The van der Waals surface area contributed by atoms with Crippen LogP contribution in [-0.2, 0) is 0 Å². The van der Waals surface area contributed by atoms with Gasteiger partial charge in [-0.25, -0.2) is 4.98 Å². The van der Waals surface area contributed by atoms with E-state index >= 15 is 0 Å². The predicted molar refractivity (Wildman–Crippen MR) is 89.9 cm³/mol. The van der Waals surface area contributed by atoms with E-state index in [0.717, 1.165) is 26.9 Å². The first-order chi connectivity index (χ1) is 10.1. The van der Waals surface area contributed by atoms with Crippen molar-refractivity contribution >= 4 is 22.9 Å². The average Bonchev–Trinajstić information content (AvgIpc) is 2.97. The fourth-order valence-electron chi connectivity index (χ4n) is 2.25. The topological polar surface area (TPSA) is 25.8 Å². The summed E-state index contributed by atoms with van der Waals surface area (Å²) in [5.74, 6) is 0.448. The summed E-state index contributed by atoms with van der Waals surface area (Å²) < 4.78 is 0. The normalized spacial score (nSPS) is 11.0. The lowest BCUT2D eigenvalue weighted by molar-refractivity contribution is 0.864. The number of thiazole rings is 1. The zero-order valence-corrected chi connectivity index (χ0v) is 13.4. The van der Waals surface area contributed by atoms with Crippen LogP contribution >= 0.6 is 22.9 Å². The van der Waals surface area contributed by atoms with Gasteiger partial charge in [-0.3, -0.25) is 4.98 Å². The summed E-state index contributed by atoms with van der Waals surface area (Å²) in [5, 5.41) is 3.83. The Bertz CT molecular complexity index is 747. The van der Waals surface area contributed by atoms with Crippen LogP contribution in [0.2, 0.25) is 5.02 Å². The molecule has 4 heteroatoms. The minimum atomic E-state index is 0.448. The highest BCUT2D eigenvalue weighted by atomic mass is 35.5. The van der Waals surface area contributed by atoms with Crippen LogP contribution in [-0.4, -0.2) is 9.97 Å². The quantitative estimate of drug-likeness (QED) is 0.624. The van der Waals surface area contributed by atoms with Gasteiger partial charge in [0.2, 0.25) is 0 Å². The Morgan fingerprint density at radius 2 is 1.86 bits per heavy atom. The lowest BCUT2D eigenvalue weighted by Crippen LogP contribution is -1.93. The van der Waals surface area contributed by atoms with Crippen molar-refractivity contribution in [3.63, 3.8) is 0 Å². The van der Waals surface area contributed by atoms with Crippen LogP contribution < -0.4 is 0 Å². The van der Waals surface area contributed by atoms with Crippen molar-refractivity contribution in [2.75, 3.05) is 0 Å². The average molecular weight is 315 g/mol. The Balaban J connectivity index is 2.01. The van der Waals surface area contributed by atoms with Gasteiger partial charge in [0.1, 0.15) is 5.01 Å². The van der Waals surface area contributed by atoms with Gasteiger partial charge in [-0.1, -0.05) is 37.6 Å². The maximum atomic E-state index is 5.93. The maximum absolute atomic E-state index is 5.93. The van der Waals surface area contributed by atoms with Crippen LogP contribution in [0.1, 0.15) is 25.3 Å². The third-order valence-electron chi connectivity index (χ3n) is 3.35. The minimum absolute atomic E-state index is 0.448. The molecule has 21 heavy (non-hydrogen) atoms. The van der Waals surface area contributed by atoms with Gasteiger partial charge < -0.3 is 0 Å². The van der Waals surface area contributed by atoms with E-state index in [2.05, 4.69) is 30.3 Å². The molecule has 0 fully saturated rings. The lowest BCUT2D eigenvalue weighted by atomic mass is 9.98. The molecule has 0 N–H and O–H groups in total. The van der Waals surface area contributed by atoms with Crippen LogP contribution in [0.25, 0.3) is 21.8 Å². The van der Waals surface area contributed by atoms with E-state index in [1.54, 1.807) is 11.3 Å². The van der Waals surface area contributed by atoms with Crippen molar-refractivity contribution in [2.24, 2.45) is 0 Å². The van der Waals surface area contributed by atoms with E-state index in [0.29, 0.717) is 5.92 Å². The fraction of sp³-hybridized carbons (Fsp3) is 0.176. The predicted octanol–water partition coefficient (Wildman–Crippen LogP) is 5.65. The van der Waals surface area contributed by atoms with Crippen molar-refractivity contribution in [2.45, 2.75) is 19.8 Å². The maximum Gasteiger partial charge on any atom is 0.124 e. The lowest BCUT2D eigenvalue weighted by Gasteiger charge is -2.09. The second kappa shape index (κ2) is 5.96. The molecule has 0 bridgehead atoms. The van der Waals surface area contributed by atoms with E-state index in [-0.39, 0.29) is 0 Å². The number of hydrogen-bond donors (Lipinski definition) is 0. The molecule has 0 aliphatic rings. The van der Waals surface area contributed by atoms with Gasteiger partial charge in [0.25, 0.3) is 0 Å². The monoisotopic (exact) mass is 314 g/mol. The second-order valence-electron chi connectivity index (χ2n) is 5.16. The molecule has 106 valence electrons.